The largest absolute Gasteiger partial charge is 0.494 e. The van der Waals surface area contributed by atoms with Gasteiger partial charge in [0.25, 0.3) is 0 Å². The summed E-state index contributed by atoms with van der Waals surface area (Å²) in [4.78, 5) is 0. The minimum atomic E-state index is 0.121. The van der Waals surface area contributed by atoms with E-state index < -0.39 is 0 Å². The van der Waals surface area contributed by atoms with Crippen molar-refractivity contribution in [1.29, 1.82) is 0 Å². The summed E-state index contributed by atoms with van der Waals surface area (Å²) in [6, 6.07) is 14.3. The maximum absolute atomic E-state index is 6.14. The highest BCUT2D eigenvalue weighted by molar-refractivity contribution is 14.1. The summed E-state index contributed by atoms with van der Waals surface area (Å²) < 4.78 is 6.83. The van der Waals surface area contributed by atoms with E-state index in [1.807, 2.05) is 37.4 Å². The molecule has 0 aliphatic carbocycles. The van der Waals surface area contributed by atoms with E-state index in [0.29, 0.717) is 0 Å². The second-order valence-electron chi connectivity index (χ2n) is 4.81. The van der Waals surface area contributed by atoms with E-state index in [1.165, 1.54) is 14.7 Å². The first-order chi connectivity index (χ1) is 10.2. The number of halogens is 2. The van der Waals surface area contributed by atoms with Crippen molar-refractivity contribution >= 4 is 34.2 Å². The summed E-state index contributed by atoms with van der Waals surface area (Å²) in [5, 5.41) is 4.12. The quantitative estimate of drug-likeness (QED) is 0.667. The molecule has 0 fully saturated rings. The number of hydrogen-bond acceptors (Lipinski definition) is 2. The van der Waals surface area contributed by atoms with E-state index in [2.05, 4.69) is 47.0 Å². The standard InChI is InChI=1S/C17H19ClINO/c1-3-10-21-14-7-4-12(5-8-14)17(20-2)15-11-13(18)6-9-16(15)19/h4-9,11,17,20H,3,10H2,1-2H3. The molecule has 21 heavy (non-hydrogen) atoms. The van der Waals surface area contributed by atoms with E-state index in [4.69, 9.17) is 16.3 Å². The molecule has 0 aromatic heterocycles. The fourth-order valence-corrected chi connectivity index (χ4v) is 3.04. The molecular formula is C17H19ClINO. The van der Waals surface area contributed by atoms with Crippen LogP contribution >= 0.6 is 34.2 Å². The highest BCUT2D eigenvalue weighted by Gasteiger charge is 2.15. The Morgan fingerprint density at radius 1 is 1.19 bits per heavy atom. The first-order valence-electron chi connectivity index (χ1n) is 7.00. The lowest BCUT2D eigenvalue weighted by atomic mass is 9.99. The summed E-state index contributed by atoms with van der Waals surface area (Å²) in [5.41, 5.74) is 2.38. The van der Waals surface area contributed by atoms with E-state index in [1.54, 1.807) is 0 Å². The van der Waals surface area contributed by atoms with Crippen molar-refractivity contribution in [3.8, 4) is 5.75 Å². The van der Waals surface area contributed by atoms with Gasteiger partial charge in [-0.2, -0.15) is 0 Å². The summed E-state index contributed by atoms with van der Waals surface area (Å²) in [6.07, 6.45) is 1.02. The lowest BCUT2D eigenvalue weighted by Gasteiger charge is -2.19. The average Bonchev–Trinajstić information content (AvgIpc) is 2.50. The Hall–Kier alpha value is -0.780. The van der Waals surface area contributed by atoms with Crippen molar-refractivity contribution in [2.24, 2.45) is 0 Å². The molecule has 2 aromatic carbocycles. The summed E-state index contributed by atoms with van der Waals surface area (Å²) in [6.45, 7) is 2.85. The van der Waals surface area contributed by atoms with Crippen LogP contribution in [0.1, 0.15) is 30.5 Å². The van der Waals surface area contributed by atoms with Crippen LogP contribution in [0.4, 0.5) is 0 Å². The number of hydrogen-bond donors (Lipinski definition) is 1. The molecule has 2 nitrogen and oxygen atoms in total. The SMILES string of the molecule is CCCOc1ccc(C(NC)c2cc(Cl)ccc2I)cc1. The van der Waals surface area contributed by atoms with Gasteiger partial charge in [-0.1, -0.05) is 30.7 Å². The van der Waals surface area contributed by atoms with Gasteiger partial charge < -0.3 is 10.1 Å². The van der Waals surface area contributed by atoms with Crippen molar-refractivity contribution in [2.75, 3.05) is 13.7 Å². The Morgan fingerprint density at radius 2 is 1.90 bits per heavy atom. The number of benzene rings is 2. The van der Waals surface area contributed by atoms with Gasteiger partial charge in [0.15, 0.2) is 0 Å². The van der Waals surface area contributed by atoms with E-state index in [0.717, 1.165) is 23.8 Å². The van der Waals surface area contributed by atoms with Gasteiger partial charge in [0.2, 0.25) is 0 Å². The fourth-order valence-electron chi connectivity index (χ4n) is 2.21. The van der Waals surface area contributed by atoms with Gasteiger partial charge in [0.05, 0.1) is 12.6 Å². The third-order valence-electron chi connectivity index (χ3n) is 3.24. The van der Waals surface area contributed by atoms with Gasteiger partial charge in [0.1, 0.15) is 5.75 Å². The third kappa shape index (κ3) is 4.34. The number of rotatable bonds is 6. The van der Waals surface area contributed by atoms with Crippen LogP contribution in [-0.4, -0.2) is 13.7 Å². The maximum atomic E-state index is 6.14. The van der Waals surface area contributed by atoms with E-state index in [9.17, 15) is 0 Å². The van der Waals surface area contributed by atoms with Crippen LogP contribution < -0.4 is 10.1 Å². The van der Waals surface area contributed by atoms with Gasteiger partial charge in [-0.05, 0) is 77.5 Å². The molecular weight excluding hydrogens is 397 g/mol. The second-order valence-corrected chi connectivity index (χ2v) is 6.40. The zero-order chi connectivity index (χ0) is 15.2. The van der Waals surface area contributed by atoms with Crippen LogP contribution in [0, 0.1) is 3.57 Å². The van der Waals surface area contributed by atoms with E-state index >= 15 is 0 Å². The Kier molecular flexibility index (Phi) is 6.33. The van der Waals surface area contributed by atoms with Crippen molar-refractivity contribution < 1.29 is 4.74 Å². The molecule has 1 N–H and O–H groups in total. The van der Waals surface area contributed by atoms with E-state index in [-0.39, 0.29) is 6.04 Å². The lowest BCUT2D eigenvalue weighted by Crippen LogP contribution is -2.18. The van der Waals surface area contributed by atoms with Crippen LogP contribution in [0.5, 0.6) is 5.75 Å². The van der Waals surface area contributed by atoms with Crippen molar-refractivity contribution in [3.63, 3.8) is 0 Å². The van der Waals surface area contributed by atoms with Crippen molar-refractivity contribution in [1.82, 2.24) is 5.32 Å². The van der Waals surface area contributed by atoms with Crippen molar-refractivity contribution in [2.45, 2.75) is 19.4 Å². The van der Waals surface area contributed by atoms with Crippen LogP contribution in [0.3, 0.4) is 0 Å². The topological polar surface area (TPSA) is 21.3 Å². The highest BCUT2D eigenvalue weighted by atomic mass is 127. The third-order valence-corrected chi connectivity index (χ3v) is 4.46. The molecule has 112 valence electrons. The van der Waals surface area contributed by atoms with Gasteiger partial charge in [-0.15, -0.1) is 0 Å². The lowest BCUT2D eigenvalue weighted by molar-refractivity contribution is 0.317. The predicted molar refractivity (Wildman–Crippen MR) is 97.3 cm³/mol. The molecule has 0 heterocycles. The molecule has 0 aliphatic heterocycles. The first-order valence-corrected chi connectivity index (χ1v) is 8.46. The summed E-state index contributed by atoms with van der Waals surface area (Å²) in [7, 11) is 1.96. The molecule has 0 spiro atoms. The first kappa shape index (κ1) is 16.6. The zero-order valence-electron chi connectivity index (χ0n) is 12.2. The smallest absolute Gasteiger partial charge is 0.119 e. The molecule has 0 saturated carbocycles. The predicted octanol–water partition coefficient (Wildman–Crippen LogP) is 5.04. The molecule has 1 unspecified atom stereocenters. The van der Waals surface area contributed by atoms with Crippen LogP contribution in [0.25, 0.3) is 0 Å². The van der Waals surface area contributed by atoms with Gasteiger partial charge >= 0.3 is 0 Å². The minimum absolute atomic E-state index is 0.121. The zero-order valence-corrected chi connectivity index (χ0v) is 15.1. The normalized spacial score (nSPS) is 12.2. The second kappa shape index (κ2) is 8.01. The van der Waals surface area contributed by atoms with Gasteiger partial charge in [-0.3, -0.25) is 0 Å². The molecule has 1 atom stereocenters. The molecule has 2 rings (SSSR count). The van der Waals surface area contributed by atoms with Crippen LogP contribution in [0.2, 0.25) is 5.02 Å². The number of ether oxygens (including phenoxy) is 1. The van der Waals surface area contributed by atoms with Gasteiger partial charge in [-0.25, -0.2) is 0 Å². The van der Waals surface area contributed by atoms with Crippen molar-refractivity contribution in [3.05, 3.63) is 62.2 Å². The Labute approximate surface area is 145 Å². The molecule has 0 amide bonds. The average molecular weight is 416 g/mol. The van der Waals surface area contributed by atoms with Gasteiger partial charge in [0, 0.05) is 8.59 Å². The Morgan fingerprint density at radius 3 is 2.52 bits per heavy atom. The number of nitrogens with one attached hydrogen (secondary N) is 1. The maximum Gasteiger partial charge on any atom is 0.119 e. The fraction of sp³-hybridized carbons (Fsp3) is 0.294. The molecule has 2 aromatic rings. The molecule has 0 saturated heterocycles. The summed E-state index contributed by atoms with van der Waals surface area (Å²) in [5.74, 6) is 0.913. The monoisotopic (exact) mass is 415 g/mol. The van der Waals surface area contributed by atoms with Crippen LogP contribution in [-0.2, 0) is 0 Å². The highest BCUT2D eigenvalue weighted by Crippen LogP contribution is 2.29. The Balaban J connectivity index is 2.26. The minimum Gasteiger partial charge on any atom is -0.494 e. The molecule has 4 heteroatoms. The summed E-state index contributed by atoms with van der Waals surface area (Å²) >= 11 is 8.48. The molecule has 0 radical (unpaired) electrons. The van der Waals surface area contributed by atoms with Crippen LogP contribution in [0.15, 0.2) is 42.5 Å². The Bertz CT molecular complexity index is 586. The molecule has 0 bridgehead atoms. The molecule has 0 aliphatic rings.